The van der Waals surface area contributed by atoms with E-state index in [2.05, 4.69) is 10.1 Å². The minimum absolute atomic E-state index is 0.0866. The van der Waals surface area contributed by atoms with Crippen LogP contribution in [0.1, 0.15) is 17.7 Å². The van der Waals surface area contributed by atoms with Crippen LogP contribution < -0.4 is 9.91 Å². The van der Waals surface area contributed by atoms with Crippen molar-refractivity contribution in [1.82, 2.24) is 9.88 Å². The van der Waals surface area contributed by atoms with E-state index >= 15 is 0 Å². The molecule has 1 fully saturated rings. The summed E-state index contributed by atoms with van der Waals surface area (Å²) in [5.74, 6) is -2.72. The number of aliphatic carboxylic acids is 1. The lowest BCUT2D eigenvalue weighted by molar-refractivity contribution is -0.147. The summed E-state index contributed by atoms with van der Waals surface area (Å²) in [7, 11) is 1.44. The van der Waals surface area contributed by atoms with Crippen molar-refractivity contribution in [3.8, 4) is 0 Å². The van der Waals surface area contributed by atoms with E-state index in [0.717, 1.165) is 23.2 Å². The van der Waals surface area contributed by atoms with Crippen molar-refractivity contribution < 1.29 is 32.3 Å². The van der Waals surface area contributed by atoms with Crippen LogP contribution in [0, 0.1) is 18.7 Å². The van der Waals surface area contributed by atoms with Gasteiger partial charge in [-0.25, -0.2) is 14.4 Å². The zero-order valence-corrected chi connectivity index (χ0v) is 20.0. The number of amides is 1. The summed E-state index contributed by atoms with van der Waals surface area (Å²) in [6.07, 6.45) is -4.54. The molecule has 1 aromatic heterocycles. The Morgan fingerprint density at radius 2 is 1.92 bits per heavy atom. The zero-order chi connectivity index (χ0) is 26.4. The summed E-state index contributed by atoms with van der Waals surface area (Å²) in [6.45, 7) is 2.28. The SMILES string of the molecule is Cc1cc(C(F)(F)F)cc(N2N=C(CN3CC(C(=O)O)C3)CC2C(=O)N(C)c2ccc(F)c(Cl)c2)n1. The quantitative estimate of drug-likeness (QED) is 0.575. The number of carboxylic acid groups (broad SMARTS) is 1. The van der Waals surface area contributed by atoms with Gasteiger partial charge >= 0.3 is 12.1 Å². The molecule has 36 heavy (non-hydrogen) atoms. The molecule has 2 aromatic rings. The Hall–Kier alpha value is -3.25. The number of rotatable bonds is 6. The third kappa shape index (κ3) is 5.29. The highest BCUT2D eigenvalue weighted by molar-refractivity contribution is 6.31. The molecule has 2 aliphatic heterocycles. The van der Waals surface area contributed by atoms with E-state index in [-0.39, 0.29) is 29.5 Å². The van der Waals surface area contributed by atoms with Crippen molar-refractivity contribution in [2.75, 3.05) is 36.6 Å². The number of aryl methyl sites for hydroxylation is 1. The Balaban J connectivity index is 1.64. The second-order valence-corrected chi connectivity index (χ2v) is 9.22. The van der Waals surface area contributed by atoms with E-state index in [0.29, 0.717) is 24.5 Å². The topological polar surface area (TPSA) is 89.3 Å². The summed E-state index contributed by atoms with van der Waals surface area (Å²) >= 11 is 5.85. The van der Waals surface area contributed by atoms with Gasteiger partial charge in [-0.3, -0.25) is 14.5 Å². The lowest BCUT2D eigenvalue weighted by Crippen LogP contribution is -2.52. The largest absolute Gasteiger partial charge is 0.481 e. The minimum atomic E-state index is -4.63. The molecule has 8 nitrogen and oxygen atoms in total. The number of aromatic nitrogens is 1. The molecule has 13 heteroatoms. The first-order valence-corrected chi connectivity index (χ1v) is 11.3. The predicted octanol–water partition coefficient (Wildman–Crippen LogP) is 3.82. The van der Waals surface area contributed by atoms with Crippen LogP contribution >= 0.6 is 11.6 Å². The Morgan fingerprint density at radius 1 is 1.22 bits per heavy atom. The smallest absolute Gasteiger partial charge is 0.416 e. The molecule has 1 unspecified atom stereocenters. The summed E-state index contributed by atoms with van der Waals surface area (Å²) < 4.78 is 54.0. The Labute approximate surface area is 208 Å². The van der Waals surface area contributed by atoms with Crippen LogP contribution in [0.4, 0.5) is 29.1 Å². The van der Waals surface area contributed by atoms with Gasteiger partial charge in [0.2, 0.25) is 0 Å². The van der Waals surface area contributed by atoms with Gasteiger partial charge in [0.05, 0.1) is 22.2 Å². The molecule has 1 saturated heterocycles. The van der Waals surface area contributed by atoms with Gasteiger partial charge in [-0.15, -0.1) is 0 Å². The molecule has 4 rings (SSSR count). The Bertz CT molecular complexity index is 1230. The van der Waals surface area contributed by atoms with E-state index in [1.54, 1.807) is 0 Å². The number of carboxylic acids is 1. The van der Waals surface area contributed by atoms with Gasteiger partial charge < -0.3 is 10.0 Å². The number of likely N-dealkylation sites (tertiary alicyclic amines) is 1. The van der Waals surface area contributed by atoms with Crippen LogP contribution in [0.15, 0.2) is 35.4 Å². The van der Waals surface area contributed by atoms with Crippen LogP contribution in [0.3, 0.4) is 0 Å². The average molecular weight is 528 g/mol. The zero-order valence-electron chi connectivity index (χ0n) is 19.3. The number of hydrogen-bond acceptors (Lipinski definition) is 6. The van der Waals surface area contributed by atoms with Gasteiger partial charge in [-0.05, 0) is 37.3 Å². The first kappa shape index (κ1) is 25.8. The normalized spacial score (nSPS) is 18.7. The van der Waals surface area contributed by atoms with Crippen molar-refractivity contribution >= 4 is 40.7 Å². The standard InChI is InChI=1S/C23H22ClF4N5O3/c1-12-5-14(23(26,27)28)6-20(29-12)33-19(7-15(30-33)11-32-9-13(10-32)22(35)36)21(34)31(2)16-3-4-18(25)17(24)8-16/h3-6,8,13,19H,7,9-11H2,1-2H3,(H,35,36). The van der Waals surface area contributed by atoms with Crippen LogP contribution in [0.2, 0.25) is 5.02 Å². The number of likely N-dealkylation sites (N-methyl/N-ethyl adjacent to an activating group) is 1. The van der Waals surface area contributed by atoms with Crippen molar-refractivity contribution in [2.24, 2.45) is 11.0 Å². The second-order valence-electron chi connectivity index (χ2n) is 8.81. The van der Waals surface area contributed by atoms with Gasteiger partial charge in [0.15, 0.2) is 0 Å². The molecule has 0 bridgehead atoms. The predicted molar refractivity (Wildman–Crippen MR) is 125 cm³/mol. The first-order valence-electron chi connectivity index (χ1n) is 10.9. The van der Waals surface area contributed by atoms with Crippen LogP contribution in [0.25, 0.3) is 0 Å². The summed E-state index contributed by atoms with van der Waals surface area (Å²) in [5.41, 5.74) is -0.0365. The van der Waals surface area contributed by atoms with Crippen molar-refractivity contribution in [2.45, 2.75) is 25.6 Å². The molecule has 1 aromatic carbocycles. The van der Waals surface area contributed by atoms with E-state index in [1.165, 1.54) is 31.0 Å². The van der Waals surface area contributed by atoms with Crippen LogP contribution in [-0.4, -0.2) is 65.3 Å². The third-order valence-corrected chi connectivity index (χ3v) is 6.38. The van der Waals surface area contributed by atoms with E-state index < -0.39 is 41.4 Å². The molecule has 0 aliphatic carbocycles. The number of halogens is 5. The maximum Gasteiger partial charge on any atom is 0.416 e. The number of carbonyl (C=O) groups is 2. The van der Waals surface area contributed by atoms with Crippen molar-refractivity contribution in [3.05, 3.63) is 52.4 Å². The molecule has 0 radical (unpaired) electrons. The lowest BCUT2D eigenvalue weighted by atomic mass is 9.99. The molecular formula is C23H22ClF4N5O3. The van der Waals surface area contributed by atoms with E-state index in [4.69, 9.17) is 16.7 Å². The molecule has 192 valence electrons. The molecule has 2 aliphatic rings. The summed E-state index contributed by atoms with van der Waals surface area (Å²) in [4.78, 5) is 31.8. The number of nitrogens with zero attached hydrogens (tertiary/aromatic N) is 5. The number of hydrogen-bond donors (Lipinski definition) is 1. The highest BCUT2D eigenvalue weighted by atomic mass is 35.5. The van der Waals surface area contributed by atoms with Gasteiger partial charge in [0.1, 0.15) is 17.7 Å². The van der Waals surface area contributed by atoms with Crippen LogP contribution in [0.5, 0.6) is 0 Å². The molecular weight excluding hydrogens is 506 g/mol. The average Bonchev–Trinajstić information content (AvgIpc) is 3.19. The van der Waals surface area contributed by atoms with E-state index in [9.17, 15) is 27.2 Å². The van der Waals surface area contributed by atoms with Crippen molar-refractivity contribution in [1.29, 1.82) is 0 Å². The maximum absolute atomic E-state index is 13.6. The second kappa shape index (κ2) is 9.66. The van der Waals surface area contributed by atoms with Gasteiger partial charge in [0, 0.05) is 44.5 Å². The monoisotopic (exact) mass is 527 g/mol. The maximum atomic E-state index is 13.6. The van der Waals surface area contributed by atoms with Gasteiger partial charge in [0.25, 0.3) is 5.91 Å². The first-order chi connectivity index (χ1) is 16.8. The molecule has 0 saturated carbocycles. The molecule has 3 heterocycles. The fourth-order valence-electron chi connectivity index (χ4n) is 4.16. The molecule has 1 N–H and O–H groups in total. The Morgan fingerprint density at radius 3 is 2.53 bits per heavy atom. The molecule has 1 amide bonds. The summed E-state index contributed by atoms with van der Waals surface area (Å²) in [5, 5.41) is 14.5. The minimum Gasteiger partial charge on any atom is -0.481 e. The van der Waals surface area contributed by atoms with Crippen molar-refractivity contribution in [3.63, 3.8) is 0 Å². The fraction of sp³-hybridized carbons (Fsp3) is 0.391. The number of anilines is 2. The third-order valence-electron chi connectivity index (χ3n) is 6.09. The number of carbonyl (C=O) groups excluding carboxylic acids is 1. The van der Waals surface area contributed by atoms with Crippen LogP contribution in [-0.2, 0) is 15.8 Å². The fourth-order valence-corrected chi connectivity index (χ4v) is 4.34. The Kier molecular flexibility index (Phi) is 6.93. The highest BCUT2D eigenvalue weighted by Crippen LogP contribution is 2.34. The van der Waals surface area contributed by atoms with Gasteiger partial charge in [-0.1, -0.05) is 11.6 Å². The number of benzene rings is 1. The number of hydrazone groups is 1. The summed E-state index contributed by atoms with van der Waals surface area (Å²) in [6, 6.07) is 4.45. The highest BCUT2D eigenvalue weighted by Gasteiger charge is 2.40. The van der Waals surface area contributed by atoms with E-state index in [1.807, 2.05) is 4.90 Å². The number of pyridine rings is 1. The molecule has 0 spiro atoms. The lowest BCUT2D eigenvalue weighted by Gasteiger charge is -2.36. The van der Waals surface area contributed by atoms with Gasteiger partial charge in [-0.2, -0.15) is 18.3 Å². The molecule has 1 atom stereocenters. The number of alkyl halides is 3.